The quantitative estimate of drug-likeness (QED) is 0.336. The number of nitrogens with one attached hydrogen (secondary N) is 3. The van der Waals surface area contributed by atoms with Gasteiger partial charge in [-0.15, -0.1) is 0 Å². The van der Waals surface area contributed by atoms with Crippen LogP contribution in [0.1, 0.15) is 11.1 Å². The number of benzene rings is 2. The second-order valence-electron chi connectivity index (χ2n) is 7.04. The van der Waals surface area contributed by atoms with E-state index in [0.717, 1.165) is 52.1 Å². The van der Waals surface area contributed by atoms with E-state index >= 15 is 0 Å². The molecular weight excluding hydrogens is 346 g/mol. The first-order chi connectivity index (χ1) is 13.7. The molecule has 0 bridgehead atoms. The maximum atomic E-state index is 4.79. The number of aromatic nitrogens is 2. The molecule has 5 heteroatoms. The summed E-state index contributed by atoms with van der Waals surface area (Å²) in [6.07, 6.45) is 1.82. The predicted molar refractivity (Wildman–Crippen MR) is 119 cm³/mol. The third kappa shape index (κ3) is 3.62. The van der Waals surface area contributed by atoms with E-state index in [1.54, 1.807) is 0 Å². The molecule has 0 amide bonds. The van der Waals surface area contributed by atoms with Gasteiger partial charge in [-0.25, -0.2) is 4.98 Å². The van der Waals surface area contributed by atoms with Gasteiger partial charge in [-0.1, -0.05) is 6.07 Å². The number of rotatable bonds is 6. The molecule has 0 atom stereocenters. The molecule has 0 spiro atoms. The highest BCUT2D eigenvalue weighted by Gasteiger charge is 2.11. The van der Waals surface area contributed by atoms with Gasteiger partial charge in [0.25, 0.3) is 0 Å². The lowest BCUT2D eigenvalue weighted by Crippen LogP contribution is -2.18. The van der Waals surface area contributed by atoms with Crippen molar-refractivity contribution in [2.24, 2.45) is 0 Å². The van der Waals surface area contributed by atoms with Crippen molar-refractivity contribution >= 4 is 39.0 Å². The fourth-order valence-corrected chi connectivity index (χ4v) is 3.33. The summed E-state index contributed by atoms with van der Waals surface area (Å²) < 4.78 is 0. The molecule has 4 rings (SSSR count). The zero-order chi connectivity index (χ0) is 19.5. The van der Waals surface area contributed by atoms with Crippen LogP contribution in [0.25, 0.3) is 21.9 Å². The maximum absolute atomic E-state index is 4.79. The normalized spacial score (nSPS) is 11.1. The molecule has 0 unspecified atom stereocenters. The van der Waals surface area contributed by atoms with E-state index in [2.05, 4.69) is 71.2 Å². The third-order valence-corrected chi connectivity index (χ3v) is 5.00. The molecule has 4 aromatic rings. The molecule has 0 saturated carbocycles. The molecule has 2 aromatic heterocycles. The summed E-state index contributed by atoms with van der Waals surface area (Å²) in [6, 6.07) is 16.6. The highest BCUT2D eigenvalue weighted by Crippen LogP contribution is 2.32. The van der Waals surface area contributed by atoms with Gasteiger partial charge < -0.3 is 16.0 Å². The van der Waals surface area contributed by atoms with Gasteiger partial charge in [-0.05, 0) is 74.5 Å². The van der Waals surface area contributed by atoms with Gasteiger partial charge in [0.1, 0.15) is 5.52 Å². The Morgan fingerprint density at radius 3 is 2.50 bits per heavy atom. The summed E-state index contributed by atoms with van der Waals surface area (Å²) in [5.41, 5.74) is 8.46. The van der Waals surface area contributed by atoms with Crippen LogP contribution in [-0.4, -0.2) is 30.1 Å². The molecule has 0 aliphatic rings. The highest BCUT2D eigenvalue weighted by molar-refractivity contribution is 6.06. The van der Waals surface area contributed by atoms with E-state index < -0.39 is 0 Å². The van der Waals surface area contributed by atoms with Gasteiger partial charge in [-0.3, -0.25) is 4.98 Å². The minimum atomic E-state index is 0.816. The summed E-state index contributed by atoms with van der Waals surface area (Å²) in [5.74, 6) is 0. The first kappa shape index (κ1) is 18.2. The first-order valence-corrected chi connectivity index (χ1v) is 9.57. The molecule has 2 heterocycles. The average Bonchev–Trinajstić information content (AvgIpc) is 2.70. The van der Waals surface area contributed by atoms with Crippen molar-refractivity contribution in [1.29, 1.82) is 0 Å². The molecule has 0 fully saturated rings. The fourth-order valence-electron chi connectivity index (χ4n) is 3.33. The molecule has 2 aromatic carbocycles. The minimum Gasteiger partial charge on any atom is -0.381 e. The Morgan fingerprint density at radius 1 is 0.857 bits per heavy atom. The van der Waals surface area contributed by atoms with Crippen molar-refractivity contribution in [2.45, 2.75) is 13.8 Å². The zero-order valence-electron chi connectivity index (χ0n) is 16.5. The van der Waals surface area contributed by atoms with E-state index in [4.69, 9.17) is 4.98 Å². The molecule has 28 heavy (non-hydrogen) atoms. The van der Waals surface area contributed by atoms with Crippen molar-refractivity contribution in [3.63, 3.8) is 0 Å². The number of hydrogen-bond acceptors (Lipinski definition) is 5. The van der Waals surface area contributed by atoms with Crippen LogP contribution in [0.5, 0.6) is 0 Å². The Bertz CT molecular complexity index is 1140. The van der Waals surface area contributed by atoms with Crippen LogP contribution < -0.4 is 16.0 Å². The Labute approximate surface area is 165 Å². The molecule has 0 saturated heterocycles. The Morgan fingerprint density at radius 2 is 1.68 bits per heavy atom. The topological polar surface area (TPSA) is 61.9 Å². The van der Waals surface area contributed by atoms with Crippen molar-refractivity contribution in [2.75, 3.05) is 30.8 Å². The molecule has 142 valence electrons. The van der Waals surface area contributed by atoms with Crippen molar-refractivity contribution in [3.05, 3.63) is 65.9 Å². The smallest absolute Gasteiger partial charge is 0.112 e. The SMILES string of the molecule is CNCCNc1c2cc(Nc3ccc(C)c(C)c3)ccc2nc2cccnc12. The van der Waals surface area contributed by atoms with E-state index in [1.165, 1.54) is 11.1 Å². The predicted octanol–water partition coefficient (Wildman–Crippen LogP) is 4.77. The van der Waals surface area contributed by atoms with Crippen LogP contribution in [0.15, 0.2) is 54.7 Å². The van der Waals surface area contributed by atoms with Gasteiger partial charge in [0.15, 0.2) is 0 Å². The number of hydrogen-bond donors (Lipinski definition) is 3. The Kier molecular flexibility index (Phi) is 5.08. The first-order valence-electron chi connectivity index (χ1n) is 9.57. The lowest BCUT2D eigenvalue weighted by molar-refractivity contribution is 0.824. The minimum absolute atomic E-state index is 0.816. The number of nitrogens with zero attached hydrogens (tertiary/aromatic N) is 2. The number of fused-ring (bicyclic) bond motifs is 2. The van der Waals surface area contributed by atoms with Crippen LogP contribution >= 0.6 is 0 Å². The summed E-state index contributed by atoms with van der Waals surface area (Å²) in [6.45, 7) is 5.95. The second kappa shape index (κ2) is 7.82. The molecule has 5 nitrogen and oxygen atoms in total. The molecular formula is C23H25N5. The fraction of sp³-hybridized carbons (Fsp3) is 0.217. The van der Waals surface area contributed by atoms with E-state index in [9.17, 15) is 0 Å². The van der Waals surface area contributed by atoms with Gasteiger partial charge in [0.05, 0.1) is 16.7 Å². The van der Waals surface area contributed by atoms with Crippen LogP contribution in [-0.2, 0) is 0 Å². The second-order valence-corrected chi connectivity index (χ2v) is 7.04. The number of pyridine rings is 2. The largest absolute Gasteiger partial charge is 0.381 e. The average molecular weight is 371 g/mol. The summed E-state index contributed by atoms with van der Waals surface area (Å²) >= 11 is 0. The van der Waals surface area contributed by atoms with Crippen molar-refractivity contribution in [1.82, 2.24) is 15.3 Å². The molecule has 0 aliphatic heterocycles. The van der Waals surface area contributed by atoms with Gasteiger partial charge in [0.2, 0.25) is 0 Å². The van der Waals surface area contributed by atoms with Crippen molar-refractivity contribution < 1.29 is 0 Å². The molecule has 0 aliphatic carbocycles. The standard InChI is InChI=1S/C23H25N5/c1-15-6-7-17(13-16(15)2)27-18-8-9-20-19(14-18)22(26-12-11-24-3)23-21(28-20)5-4-10-25-23/h4-10,13-14,24,27H,11-12H2,1-3H3,(H,26,28). The van der Waals surface area contributed by atoms with Crippen LogP contribution in [0.3, 0.4) is 0 Å². The summed E-state index contributed by atoms with van der Waals surface area (Å²) in [7, 11) is 1.95. The van der Waals surface area contributed by atoms with E-state index in [0.29, 0.717) is 0 Å². The Balaban J connectivity index is 1.79. The lowest BCUT2D eigenvalue weighted by Gasteiger charge is -2.14. The summed E-state index contributed by atoms with van der Waals surface area (Å²) in [5, 5.41) is 11.3. The lowest BCUT2D eigenvalue weighted by atomic mass is 10.1. The van der Waals surface area contributed by atoms with Gasteiger partial charge in [0, 0.05) is 36.0 Å². The van der Waals surface area contributed by atoms with E-state index in [1.807, 2.05) is 25.4 Å². The molecule has 3 N–H and O–H groups in total. The van der Waals surface area contributed by atoms with Crippen LogP contribution in [0.4, 0.5) is 17.1 Å². The summed E-state index contributed by atoms with van der Waals surface area (Å²) in [4.78, 5) is 9.37. The van der Waals surface area contributed by atoms with E-state index in [-0.39, 0.29) is 0 Å². The Hall–Kier alpha value is -3.18. The van der Waals surface area contributed by atoms with Crippen LogP contribution in [0.2, 0.25) is 0 Å². The zero-order valence-corrected chi connectivity index (χ0v) is 16.5. The highest BCUT2D eigenvalue weighted by atomic mass is 15.0. The monoisotopic (exact) mass is 371 g/mol. The molecule has 0 radical (unpaired) electrons. The van der Waals surface area contributed by atoms with Gasteiger partial charge >= 0.3 is 0 Å². The number of anilines is 3. The van der Waals surface area contributed by atoms with Crippen LogP contribution in [0, 0.1) is 13.8 Å². The number of likely N-dealkylation sites (N-methyl/N-ethyl adjacent to an activating group) is 1. The van der Waals surface area contributed by atoms with Crippen molar-refractivity contribution in [3.8, 4) is 0 Å². The maximum Gasteiger partial charge on any atom is 0.112 e. The third-order valence-electron chi connectivity index (χ3n) is 5.00. The van der Waals surface area contributed by atoms with Gasteiger partial charge in [-0.2, -0.15) is 0 Å². The number of aryl methyl sites for hydroxylation is 2.